The first-order valence-electron chi connectivity index (χ1n) is 7.25. The monoisotopic (exact) mass is 280 g/mol. The first-order chi connectivity index (χ1) is 9.09. The second-order valence-electron chi connectivity index (χ2n) is 7.13. The standard InChI is InChI=1S/C15H28N4O/c1-9-12(10(2)19(7)18-9)13(17-16)11-8-14(3,4)20-15(11,5)6/h11,13,17H,8,16H2,1-7H3. The molecule has 114 valence electrons. The third-order valence-electron chi connectivity index (χ3n) is 4.60. The molecule has 2 heterocycles. The maximum absolute atomic E-state index is 6.22. The van der Waals surface area contributed by atoms with Gasteiger partial charge in [-0.15, -0.1) is 0 Å². The van der Waals surface area contributed by atoms with Crippen LogP contribution in [0.15, 0.2) is 0 Å². The molecule has 1 aliphatic rings. The molecule has 1 saturated heterocycles. The minimum atomic E-state index is -0.213. The van der Waals surface area contributed by atoms with Crippen LogP contribution in [0.3, 0.4) is 0 Å². The predicted molar refractivity (Wildman–Crippen MR) is 80.1 cm³/mol. The second-order valence-corrected chi connectivity index (χ2v) is 7.13. The Kier molecular flexibility index (Phi) is 3.73. The Bertz CT molecular complexity index is 504. The normalized spacial score (nSPS) is 25.9. The fourth-order valence-electron chi connectivity index (χ4n) is 3.76. The average molecular weight is 280 g/mol. The fourth-order valence-corrected chi connectivity index (χ4v) is 3.76. The van der Waals surface area contributed by atoms with E-state index in [2.05, 4.69) is 45.1 Å². The maximum Gasteiger partial charge on any atom is 0.0681 e. The van der Waals surface area contributed by atoms with Gasteiger partial charge in [0, 0.05) is 24.2 Å². The number of aryl methyl sites for hydroxylation is 2. The Hall–Kier alpha value is -0.910. The predicted octanol–water partition coefficient (Wildman–Crippen LogP) is 2.14. The second kappa shape index (κ2) is 4.83. The molecule has 1 aromatic heterocycles. The van der Waals surface area contributed by atoms with Crippen LogP contribution in [0.25, 0.3) is 0 Å². The molecule has 0 saturated carbocycles. The summed E-state index contributed by atoms with van der Waals surface area (Å²) in [5.41, 5.74) is 6.08. The van der Waals surface area contributed by atoms with E-state index in [0.29, 0.717) is 5.92 Å². The highest BCUT2D eigenvalue weighted by Crippen LogP contribution is 2.48. The van der Waals surface area contributed by atoms with Crippen LogP contribution in [-0.4, -0.2) is 21.0 Å². The van der Waals surface area contributed by atoms with Crippen molar-refractivity contribution in [2.45, 2.75) is 65.2 Å². The van der Waals surface area contributed by atoms with Gasteiger partial charge in [-0.25, -0.2) is 0 Å². The lowest BCUT2D eigenvalue weighted by molar-refractivity contribution is -0.0779. The molecule has 1 aromatic rings. The summed E-state index contributed by atoms with van der Waals surface area (Å²) in [5.74, 6) is 6.21. The van der Waals surface area contributed by atoms with Crippen LogP contribution in [0.4, 0.5) is 0 Å². The van der Waals surface area contributed by atoms with E-state index in [1.165, 1.54) is 5.56 Å². The van der Waals surface area contributed by atoms with Crippen molar-refractivity contribution in [3.8, 4) is 0 Å². The van der Waals surface area contributed by atoms with Gasteiger partial charge < -0.3 is 4.74 Å². The maximum atomic E-state index is 6.22. The van der Waals surface area contributed by atoms with Crippen molar-refractivity contribution in [1.29, 1.82) is 0 Å². The summed E-state index contributed by atoms with van der Waals surface area (Å²) < 4.78 is 8.14. The number of hydrogen-bond donors (Lipinski definition) is 2. The SMILES string of the molecule is Cc1nn(C)c(C)c1C(NN)C1CC(C)(C)OC1(C)C. The summed E-state index contributed by atoms with van der Waals surface area (Å²) in [7, 11) is 1.97. The zero-order valence-corrected chi connectivity index (χ0v) is 13.7. The van der Waals surface area contributed by atoms with Crippen molar-refractivity contribution in [2.75, 3.05) is 0 Å². The molecule has 0 radical (unpaired) electrons. The molecule has 2 unspecified atom stereocenters. The molecule has 0 spiro atoms. The highest BCUT2D eigenvalue weighted by atomic mass is 16.5. The van der Waals surface area contributed by atoms with Gasteiger partial charge in [0.05, 0.1) is 22.9 Å². The summed E-state index contributed by atoms with van der Waals surface area (Å²) in [4.78, 5) is 0. The highest BCUT2D eigenvalue weighted by Gasteiger charge is 2.50. The van der Waals surface area contributed by atoms with Gasteiger partial charge in [-0.1, -0.05) is 0 Å². The van der Waals surface area contributed by atoms with Crippen molar-refractivity contribution in [2.24, 2.45) is 18.8 Å². The van der Waals surface area contributed by atoms with E-state index in [1.807, 2.05) is 18.7 Å². The quantitative estimate of drug-likeness (QED) is 0.657. The van der Waals surface area contributed by atoms with Crippen molar-refractivity contribution >= 4 is 0 Å². The van der Waals surface area contributed by atoms with E-state index in [0.717, 1.165) is 17.8 Å². The zero-order valence-electron chi connectivity index (χ0n) is 13.7. The van der Waals surface area contributed by atoms with E-state index < -0.39 is 0 Å². The Morgan fingerprint density at radius 2 is 1.95 bits per heavy atom. The van der Waals surface area contributed by atoms with Gasteiger partial charge >= 0.3 is 0 Å². The first-order valence-corrected chi connectivity index (χ1v) is 7.25. The van der Waals surface area contributed by atoms with Gasteiger partial charge in [0.1, 0.15) is 0 Å². The lowest BCUT2D eigenvalue weighted by Crippen LogP contribution is -2.41. The number of rotatable bonds is 3. The van der Waals surface area contributed by atoms with Crippen molar-refractivity contribution in [3.05, 3.63) is 17.0 Å². The van der Waals surface area contributed by atoms with E-state index in [9.17, 15) is 0 Å². The Morgan fingerprint density at radius 3 is 2.30 bits per heavy atom. The topological polar surface area (TPSA) is 65.1 Å². The summed E-state index contributed by atoms with van der Waals surface area (Å²) in [6, 6.07) is 0.0560. The van der Waals surface area contributed by atoms with Crippen LogP contribution < -0.4 is 11.3 Å². The number of hydrogen-bond acceptors (Lipinski definition) is 4. The Morgan fingerprint density at radius 1 is 1.35 bits per heavy atom. The number of hydrazine groups is 1. The molecule has 3 N–H and O–H groups in total. The molecule has 0 aliphatic carbocycles. The molecule has 2 atom stereocenters. The van der Waals surface area contributed by atoms with Gasteiger partial charge in [0.25, 0.3) is 0 Å². The Labute approximate surface area is 121 Å². The highest BCUT2D eigenvalue weighted by molar-refractivity contribution is 5.30. The smallest absolute Gasteiger partial charge is 0.0681 e. The molecule has 20 heavy (non-hydrogen) atoms. The summed E-state index contributed by atoms with van der Waals surface area (Å²) in [5, 5.41) is 4.52. The molecule has 2 rings (SSSR count). The van der Waals surface area contributed by atoms with Gasteiger partial charge in [-0.05, 0) is 48.0 Å². The van der Waals surface area contributed by atoms with E-state index in [-0.39, 0.29) is 17.2 Å². The third kappa shape index (κ3) is 2.50. The van der Waals surface area contributed by atoms with Crippen LogP contribution in [0.1, 0.15) is 57.1 Å². The van der Waals surface area contributed by atoms with Gasteiger partial charge in [-0.3, -0.25) is 16.0 Å². The van der Waals surface area contributed by atoms with Gasteiger partial charge in [0.2, 0.25) is 0 Å². The molecule has 5 nitrogen and oxygen atoms in total. The van der Waals surface area contributed by atoms with Crippen LogP contribution in [0.5, 0.6) is 0 Å². The van der Waals surface area contributed by atoms with Crippen LogP contribution in [0.2, 0.25) is 0 Å². The van der Waals surface area contributed by atoms with Crippen LogP contribution >= 0.6 is 0 Å². The van der Waals surface area contributed by atoms with E-state index >= 15 is 0 Å². The minimum Gasteiger partial charge on any atom is -0.369 e. The van der Waals surface area contributed by atoms with Crippen molar-refractivity contribution < 1.29 is 4.74 Å². The lowest BCUT2D eigenvalue weighted by atomic mass is 9.78. The molecule has 0 bridgehead atoms. The molecule has 5 heteroatoms. The number of nitrogens with one attached hydrogen (secondary N) is 1. The summed E-state index contributed by atoms with van der Waals surface area (Å²) in [6.07, 6.45) is 0.975. The zero-order chi connectivity index (χ0) is 15.3. The fraction of sp³-hybridized carbons (Fsp3) is 0.800. The number of nitrogens with two attached hydrogens (primary N) is 1. The van der Waals surface area contributed by atoms with Gasteiger partial charge in [0.15, 0.2) is 0 Å². The van der Waals surface area contributed by atoms with E-state index in [1.54, 1.807) is 0 Å². The molecule has 1 fully saturated rings. The van der Waals surface area contributed by atoms with E-state index in [4.69, 9.17) is 10.6 Å². The number of aromatic nitrogens is 2. The molecular weight excluding hydrogens is 252 g/mol. The molecular formula is C15H28N4O. The lowest BCUT2D eigenvalue weighted by Gasteiger charge is -2.33. The van der Waals surface area contributed by atoms with Crippen LogP contribution in [-0.2, 0) is 11.8 Å². The summed E-state index contributed by atoms with van der Waals surface area (Å²) >= 11 is 0. The number of nitrogens with zero attached hydrogens (tertiary/aromatic N) is 2. The minimum absolute atomic E-state index is 0.0560. The largest absolute Gasteiger partial charge is 0.369 e. The van der Waals surface area contributed by atoms with Crippen molar-refractivity contribution in [3.63, 3.8) is 0 Å². The van der Waals surface area contributed by atoms with Gasteiger partial charge in [-0.2, -0.15) is 5.10 Å². The van der Waals surface area contributed by atoms with Crippen molar-refractivity contribution in [1.82, 2.24) is 15.2 Å². The summed E-state index contributed by atoms with van der Waals surface area (Å²) in [6.45, 7) is 12.7. The molecule has 0 aromatic carbocycles. The van der Waals surface area contributed by atoms with Crippen LogP contribution in [0, 0.1) is 19.8 Å². The Balaban J connectivity index is 2.43. The number of ether oxygens (including phenoxy) is 1. The molecule has 1 aliphatic heterocycles. The molecule has 0 amide bonds. The first kappa shape index (κ1) is 15.5. The third-order valence-corrected chi connectivity index (χ3v) is 4.60. The average Bonchev–Trinajstić information content (AvgIpc) is 2.66.